The van der Waals surface area contributed by atoms with E-state index in [1.807, 2.05) is 32.2 Å². The summed E-state index contributed by atoms with van der Waals surface area (Å²) in [6.45, 7) is 15.1. The monoisotopic (exact) mass is 579 g/mol. The van der Waals surface area contributed by atoms with Gasteiger partial charge < -0.3 is 10.2 Å². The van der Waals surface area contributed by atoms with E-state index in [4.69, 9.17) is 4.98 Å². The Hall–Kier alpha value is -1.13. The van der Waals surface area contributed by atoms with Crippen LogP contribution in [0.5, 0.6) is 0 Å². The average molecular weight is 581 g/mol. The van der Waals surface area contributed by atoms with E-state index < -0.39 is 10.0 Å². The lowest BCUT2D eigenvalue weighted by atomic mass is 9.98. The van der Waals surface area contributed by atoms with Crippen molar-refractivity contribution in [1.82, 2.24) is 19.5 Å². The largest absolute Gasteiger partial charge is 0.354 e. The van der Waals surface area contributed by atoms with Crippen LogP contribution in [0.4, 0.5) is 5.82 Å². The van der Waals surface area contributed by atoms with Gasteiger partial charge >= 0.3 is 0 Å². The molecule has 36 heavy (non-hydrogen) atoms. The number of anilines is 1. The number of hydrogen-bond donors (Lipinski definition) is 1. The summed E-state index contributed by atoms with van der Waals surface area (Å²) >= 11 is 0. The van der Waals surface area contributed by atoms with E-state index in [2.05, 4.69) is 41.1 Å². The topological polar surface area (TPSA) is 68.8 Å². The van der Waals surface area contributed by atoms with E-state index in [1.165, 1.54) is 0 Å². The van der Waals surface area contributed by atoms with Crippen molar-refractivity contribution >= 4 is 53.1 Å². The quantitative estimate of drug-likeness (QED) is 0.551. The first kappa shape index (κ1) is 32.9. The van der Waals surface area contributed by atoms with Gasteiger partial charge in [0.25, 0.3) is 0 Å². The van der Waals surface area contributed by atoms with Crippen LogP contribution in [0, 0.1) is 0 Å². The van der Waals surface area contributed by atoms with E-state index in [1.54, 1.807) is 10.4 Å². The third-order valence-corrected chi connectivity index (χ3v) is 8.75. The van der Waals surface area contributed by atoms with Crippen molar-refractivity contribution in [3.63, 3.8) is 0 Å². The van der Waals surface area contributed by atoms with Crippen molar-refractivity contribution < 1.29 is 8.42 Å². The molecule has 0 unspecified atom stereocenters. The Morgan fingerprint density at radius 3 is 1.97 bits per heavy atom. The molecule has 11 heteroatoms. The minimum Gasteiger partial charge on any atom is -0.354 e. The number of nitrogens with zero attached hydrogens (tertiary/aromatic N) is 4. The van der Waals surface area contributed by atoms with E-state index in [9.17, 15) is 8.42 Å². The van der Waals surface area contributed by atoms with E-state index >= 15 is 0 Å². The predicted molar refractivity (Wildman–Crippen MR) is 156 cm³/mol. The second-order valence-electron chi connectivity index (χ2n) is 9.58. The van der Waals surface area contributed by atoms with Crippen LogP contribution in [0.15, 0.2) is 41.4 Å². The zero-order valence-electron chi connectivity index (χ0n) is 21.5. The van der Waals surface area contributed by atoms with Gasteiger partial charge in [0.1, 0.15) is 5.82 Å². The van der Waals surface area contributed by atoms with Gasteiger partial charge in [-0.15, -0.1) is 37.2 Å². The maximum absolute atomic E-state index is 13.3. The fourth-order valence-corrected chi connectivity index (χ4v) is 6.42. The highest BCUT2D eigenvalue weighted by atomic mass is 35.5. The van der Waals surface area contributed by atoms with E-state index in [0.717, 1.165) is 48.7 Å². The highest BCUT2D eigenvalue weighted by molar-refractivity contribution is 7.89. The van der Waals surface area contributed by atoms with Crippen LogP contribution in [-0.4, -0.2) is 81.0 Å². The molecule has 2 fully saturated rings. The lowest BCUT2D eigenvalue weighted by Gasteiger charge is -2.37. The number of piperazine rings is 2. The van der Waals surface area contributed by atoms with Gasteiger partial charge in [-0.05, 0) is 55.2 Å². The molecule has 204 valence electrons. The summed E-state index contributed by atoms with van der Waals surface area (Å²) < 4.78 is 28.2. The molecule has 1 aromatic heterocycles. The van der Waals surface area contributed by atoms with Crippen molar-refractivity contribution in [2.45, 2.75) is 44.6 Å². The molecule has 2 aromatic rings. The Labute approximate surface area is 235 Å². The van der Waals surface area contributed by atoms with Crippen LogP contribution < -0.4 is 10.2 Å². The molecule has 2 saturated heterocycles. The van der Waals surface area contributed by atoms with Crippen molar-refractivity contribution in [2.75, 3.05) is 57.3 Å². The molecule has 7 nitrogen and oxygen atoms in total. The summed E-state index contributed by atoms with van der Waals surface area (Å²) in [6, 6.07) is 10.5. The molecule has 0 saturated carbocycles. The third-order valence-electron chi connectivity index (χ3n) is 6.78. The highest BCUT2D eigenvalue weighted by Gasteiger charge is 2.29. The van der Waals surface area contributed by atoms with Crippen LogP contribution in [-0.2, 0) is 10.0 Å². The lowest BCUT2D eigenvalue weighted by molar-refractivity contribution is 0.209. The number of sulfonamides is 1. The molecular formula is C25H40Cl3N5O2S. The van der Waals surface area contributed by atoms with Crippen LogP contribution in [0.3, 0.4) is 0 Å². The Morgan fingerprint density at radius 2 is 1.44 bits per heavy atom. The molecule has 2 aliphatic rings. The van der Waals surface area contributed by atoms with Gasteiger partial charge in [0, 0.05) is 70.2 Å². The van der Waals surface area contributed by atoms with Gasteiger partial charge in [0.15, 0.2) is 0 Å². The normalized spacial score (nSPS) is 17.3. The molecule has 1 N–H and O–H groups in total. The zero-order valence-corrected chi connectivity index (χ0v) is 24.8. The van der Waals surface area contributed by atoms with Crippen LogP contribution >= 0.6 is 37.2 Å². The molecule has 0 bridgehead atoms. The molecule has 0 spiro atoms. The van der Waals surface area contributed by atoms with Crippen LogP contribution in [0.1, 0.15) is 39.2 Å². The summed E-state index contributed by atoms with van der Waals surface area (Å²) in [5.41, 5.74) is 2.87. The van der Waals surface area contributed by atoms with E-state index in [-0.39, 0.29) is 43.1 Å². The Morgan fingerprint density at radius 1 is 0.833 bits per heavy atom. The number of rotatable bonds is 6. The van der Waals surface area contributed by atoms with Crippen molar-refractivity contribution in [2.24, 2.45) is 0 Å². The van der Waals surface area contributed by atoms with Crippen molar-refractivity contribution in [3.05, 3.63) is 42.1 Å². The lowest BCUT2D eigenvalue weighted by Crippen LogP contribution is -2.49. The predicted octanol–water partition coefficient (Wildman–Crippen LogP) is 4.26. The van der Waals surface area contributed by atoms with Crippen molar-refractivity contribution in [1.29, 1.82) is 0 Å². The summed E-state index contributed by atoms with van der Waals surface area (Å²) in [4.78, 5) is 10.0. The van der Waals surface area contributed by atoms with Gasteiger partial charge in [-0.2, -0.15) is 4.31 Å². The van der Waals surface area contributed by atoms with E-state index in [0.29, 0.717) is 37.1 Å². The fourth-order valence-electron chi connectivity index (χ4n) is 4.65. The molecule has 1 aromatic carbocycles. The van der Waals surface area contributed by atoms with Gasteiger partial charge in [-0.25, -0.2) is 13.4 Å². The minimum absolute atomic E-state index is 0. The molecular weight excluding hydrogens is 541 g/mol. The van der Waals surface area contributed by atoms with Gasteiger partial charge in [-0.1, -0.05) is 19.9 Å². The molecule has 4 rings (SSSR count). The second-order valence-corrected chi connectivity index (χ2v) is 11.5. The Bertz CT molecular complexity index is 1050. The zero-order chi connectivity index (χ0) is 23.6. The Balaban J connectivity index is 0.00000216. The first-order valence-corrected chi connectivity index (χ1v) is 13.5. The van der Waals surface area contributed by atoms with Crippen molar-refractivity contribution in [3.8, 4) is 11.1 Å². The SMILES string of the molecule is CC(C)c1cc(-c2ccc(N3CCN(C(C)C)CC3)nc2)ccc1S(=O)(=O)N1CCNCC1.Cl.Cl.Cl. The van der Waals surface area contributed by atoms with Crippen LogP contribution in [0.25, 0.3) is 11.1 Å². The smallest absolute Gasteiger partial charge is 0.243 e. The average Bonchev–Trinajstić information content (AvgIpc) is 2.84. The molecule has 3 heterocycles. The summed E-state index contributed by atoms with van der Waals surface area (Å²) in [5.74, 6) is 1.10. The van der Waals surface area contributed by atoms with Gasteiger partial charge in [-0.3, -0.25) is 4.90 Å². The third kappa shape index (κ3) is 7.25. The minimum atomic E-state index is -3.50. The van der Waals surface area contributed by atoms with Gasteiger partial charge in [0.2, 0.25) is 10.0 Å². The molecule has 0 atom stereocenters. The summed E-state index contributed by atoms with van der Waals surface area (Å²) in [5, 5.41) is 3.22. The first-order chi connectivity index (χ1) is 15.8. The maximum atomic E-state index is 13.3. The number of halogens is 3. The standard InChI is InChI=1S/C25H37N5O2S.3ClH/c1-19(2)23-17-21(5-7-24(23)33(31,32)30-11-9-26-10-12-30)22-6-8-25(27-18-22)29-15-13-28(14-16-29)20(3)4;;;/h5-8,17-20,26H,9-16H2,1-4H3;3*1H. The maximum Gasteiger partial charge on any atom is 0.243 e. The molecule has 0 amide bonds. The summed E-state index contributed by atoms with van der Waals surface area (Å²) in [7, 11) is -3.50. The number of pyridine rings is 1. The first-order valence-electron chi connectivity index (χ1n) is 12.1. The molecule has 0 aliphatic carbocycles. The fraction of sp³-hybridized carbons (Fsp3) is 0.560. The second kappa shape index (κ2) is 14.1. The van der Waals surface area contributed by atoms with Gasteiger partial charge in [0.05, 0.1) is 4.90 Å². The molecule has 0 radical (unpaired) electrons. The highest BCUT2D eigenvalue weighted by Crippen LogP contribution is 2.32. The Kier molecular flexibility index (Phi) is 12.9. The van der Waals surface area contributed by atoms with Crippen LogP contribution in [0.2, 0.25) is 0 Å². The number of benzene rings is 1. The molecule has 2 aliphatic heterocycles. The number of nitrogens with one attached hydrogen (secondary N) is 1. The summed E-state index contributed by atoms with van der Waals surface area (Å²) in [6.07, 6.45) is 1.91. The number of aromatic nitrogens is 1. The number of hydrogen-bond acceptors (Lipinski definition) is 6.